The number of aryl methyl sites for hydroxylation is 1. The number of nitrogens with one attached hydrogen (secondary N) is 1. The predicted octanol–water partition coefficient (Wildman–Crippen LogP) is 3.00. The Labute approximate surface area is 123 Å². The Morgan fingerprint density at radius 3 is 2.50 bits per heavy atom. The molecule has 0 aromatic heterocycles. The molecule has 0 radical (unpaired) electrons. The number of methoxy groups -OCH3 is 1. The lowest BCUT2D eigenvalue weighted by Gasteiger charge is -2.36. The standard InChI is InChI=1S/C17H28N2O/c1-13(2)11-16(19-9-7-18-8-10-19)15-5-6-17(20-4)14(3)12-15/h5-6,12-13,16,18H,7-11H2,1-4H3/t16-/m0/s1. The molecule has 1 saturated heterocycles. The van der Waals surface area contributed by atoms with Crippen molar-refractivity contribution in [2.24, 2.45) is 5.92 Å². The highest BCUT2D eigenvalue weighted by Crippen LogP contribution is 2.31. The fourth-order valence-electron chi connectivity index (χ4n) is 3.05. The number of hydrogen-bond acceptors (Lipinski definition) is 3. The highest BCUT2D eigenvalue weighted by molar-refractivity contribution is 5.37. The summed E-state index contributed by atoms with van der Waals surface area (Å²) in [6, 6.07) is 7.18. The second kappa shape index (κ2) is 7.09. The second-order valence-corrected chi connectivity index (χ2v) is 6.16. The van der Waals surface area contributed by atoms with E-state index >= 15 is 0 Å². The molecule has 1 aromatic rings. The Morgan fingerprint density at radius 1 is 1.25 bits per heavy atom. The predicted molar refractivity (Wildman–Crippen MR) is 84.4 cm³/mol. The summed E-state index contributed by atoms with van der Waals surface area (Å²) in [4.78, 5) is 2.62. The van der Waals surface area contributed by atoms with Crippen molar-refractivity contribution in [1.29, 1.82) is 0 Å². The number of ether oxygens (including phenoxy) is 1. The van der Waals surface area contributed by atoms with Crippen LogP contribution >= 0.6 is 0 Å². The minimum absolute atomic E-state index is 0.529. The maximum absolute atomic E-state index is 5.38. The van der Waals surface area contributed by atoms with Crippen LogP contribution in [0.5, 0.6) is 5.75 Å². The summed E-state index contributed by atoms with van der Waals surface area (Å²) < 4.78 is 5.38. The van der Waals surface area contributed by atoms with Crippen LogP contribution in [0.4, 0.5) is 0 Å². The van der Waals surface area contributed by atoms with Gasteiger partial charge in [-0.25, -0.2) is 0 Å². The maximum Gasteiger partial charge on any atom is 0.121 e. The molecule has 1 atom stereocenters. The molecule has 1 N–H and O–H groups in total. The smallest absolute Gasteiger partial charge is 0.121 e. The van der Waals surface area contributed by atoms with Crippen LogP contribution in [0.2, 0.25) is 0 Å². The van der Waals surface area contributed by atoms with E-state index in [2.05, 4.69) is 49.2 Å². The van der Waals surface area contributed by atoms with Gasteiger partial charge in [0.05, 0.1) is 7.11 Å². The number of benzene rings is 1. The van der Waals surface area contributed by atoms with Gasteiger partial charge in [-0.15, -0.1) is 0 Å². The molecule has 20 heavy (non-hydrogen) atoms. The van der Waals surface area contributed by atoms with E-state index in [0.717, 1.165) is 31.9 Å². The van der Waals surface area contributed by atoms with Crippen molar-refractivity contribution >= 4 is 0 Å². The molecule has 1 aliphatic heterocycles. The first-order valence-corrected chi connectivity index (χ1v) is 7.71. The van der Waals surface area contributed by atoms with Crippen LogP contribution in [0.1, 0.15) is 37.4 Å². The van der Waals surface area contributed by atoms with Gasteiger partial charge in [0.2, 0.25) is 0 Å². The van der Waals surface area contributed by atoms with Gasteiger partial charge >= 0.3 is 0 Å². The molecule has 3 nitrogen and oxygen atoms in total. The van der Waals surface area contributed by atoms with Crippen LogP contribution < -0.4 is 10.1 Å². The fraction of sp³-hybridized carbons (Fsp3) is 0.647. The molecule has 112 valence electrons. The van der Waals surface area contributed by atoms with E-state index in [9.17, 15) is 0 Å². The third-order valence-electron chi connectivity index (χ3n) is 4.09. The SMILES string of the molecule is COc1ccc([C@H](CC(C)C)N2CCNCC2)cc1C. The zero-order valence-corrected chi connectivity index (χ0v) is 13.3. The topological polar surface area (TPSA) is 24.5 Å². The molecule has 1 fully saturated rings. The van der Waals surface area contributed by atoms with Gasteiger partial charge in [-0.3, -0.25) is 4.90 Å². The van der Waals surface area contributed by atoms with E-state index in [0.29, 0.717) is 12.0 Å². The Morgan fingerprint density at radius 2 is 1.95 bits per heavy atom. The van der Waals surface area contributed by atoms with Crippen LogP contribution in [-0.4, -0.2) is 38.2 Å². The first-order chi connectivity index (χ1) is 9.61. The molecule has 1 aliphatic rings. The highest BCUT2D eigenvalue weighted by Gasteiger charge is 2.23. The molecular weight excluding hydrogens is 248 g/mol. The number of piperazine rings is 1. The molecule has 0 bridgehead atoms. The number of nitrogens with zero attached hydrogens (tertiary/aromatic N) is 1. The van der Waals surface area contributed by atoms with Crippen molar-refractivity contribution in [2.75, 3.05) is 33.3 Å². The highest BCUT2D eigenvalue weighted by atomic mass is 16.5. The van der Waals surface area contributed by atoms with Crippen LogP contribution in [0.25, 0.3) is 0 Å². The minimum Gasteiger partial charge on any atom is -0.496 e. The lowest BCUT2D eigenvalue weighted by Crippen LogP contribution is -2.45. The van der Waals surface area contributed by atoms with E-state index in [1.165, 1.54) is 17.5 Å². The minimum atomic E-state index is 0.529. The summed E-state index contributed by atoms with van der Waals surface area (Å²) >= 11 is 0. The molecule has 3 heteroatoms. The Balaban J connectivity index is 2.22. The van der Waals surface area contributed by atoms with Crippen LogP contribution in [0, 0.1) is 12.8 Å². The molecule has 1 heterocycles. The van der Waals surface area contributed by atoms with Crippen LogP contribution in [0.15, 0.2) is 18.2 Å². The quantitative estimate of drug-likeness (QED) is 0.895. The summed E-state index contributed by atoms with van der Waals surface area (Å²) in [5.74, 6) is 1.69. The summed E-state index contributed by atoms with van der Waals surface area (Å²) in [6.07, 6.45) is 1.21. The summed E-state index contributed by atoms with van der Waals surface area (Å²) in [5, 5.41) is 3.44. The Hall–Kier alpha value is -1.06. The molecular formula is C17H28N2O. The molecule has 0 unspecified atom stereocenters. The zero-order chi connectivity index (χ0) is 14.5. The summed E-state index contributed by atoms with van der Waals surface area (Å²) in [6.45, 7) is 11.2. The number of rotatable bonds is 5. The molecule has 0 saturated carbocycles. The van der Waals surface area contributed by atoms with Crippen molar-refractivity contribution in [3.8, 4) is 5.75 Å². The van der Waals surface area contributed by atoms with E-state index < -0.39 is 0 Å². The largest absolute Gasteiger partial charge is 0.496 e. The molecule has 1 aromatic carbocycles. The van der Waals surface area contributed by atoms with Gasteiger partial charge < -0.3 is 10.1 Å². The monoisotopic (exact) mass is 276 g/mol. The lowest BCUT2D eigenvalue weighted by atomic mass is 9.94. The molecule has 0 amide bonds. The molecule has 0 spiro atoms. The second-order valence-electron chi connectivity index (χ2n) is 6.16. The third kappa shape index (κ3) is 3.74. The summed E-state index contributed by atoms with van der Waals surface area (Å²) in [5.41, 5.74) is 2.66. The van der Waals surface area contributed by atoms with Gasteiger partial charge in [-0.1, -0.05) is 26.0 Å². The number of hydrogen-bond donors (Lipinski definition) is 1. The van der Waals surface area contributed by atoms with Gasteiger partial charge in [0.1, 0.15) is 5.75 Å². The zero-order valence-electron chi connectivity index (χ0n) is 13.3. The van der Waals surface area contributed by atoms with E-state index in [4.69, 9.17) is 4.74 Å². The van der Waals surface area contributed by atoms with Crippen LogP contribution in [-0.2, 0) is 0 Å². The van der Waals surface area contributed by atoms with Crippen LogP contribution in [0.3, 0.4) is 0 Å². The van der Waals surface area contributed by atoms with Gasteiger partial charge in [-0.05, 0) is 36.5 Å². The van der Waals surface area contributed by atoms with Crippen molar-refractivity contribution in [3.63, 3.8) is 0 Å². The van der Waals surface area contributed by atoms with Crippen molar-refractivity contribution < 1.29 is 4.74 Å². The first kappa shape index (κ1) is 15.3. The van der Waals surface area contributed by atoms with Gasteiger partial charge in [-0.2, -0.15) is 0 Å². The van der Waals surface area contributed by atoms with E-state index in [1.807, 2.05) is 0 Å². The Bertz CT molecular complexity index is 425. The first-order valence-electron chi connectivity index (χ1n) is 7.71. The fourth-order valence-corrected chi connectivity index (χ4v) is 3.05. The van der Waals surface area contributed by atoms with Gasteiger partial charge in [0, 0.05) is 32.2 Å². The molecule has 0 aliphatic carbocycles. The third-order valence-corrected chi connectivity index (χ3v) is 4.09. The van der Waals surface area contributed by atoms with Crippen molar-refractivity contribution in [3.05, 3.63) is 29.3 Å². The van der Waals surface area contributed by atoms with E-state index in [1.54, 1.807) is 7.11 Å². The summed E-state index contributed by atoms with van der Waals surface area (Å²) in [7, 11) is 1.74. The average molecular weight is 276 g/mol. The van der Waals surface area contributed by atoms with Gasteiger partial charge in [0.15, 0.2) is 0 Å². The van der Waals surface area contributed by atoms with E-state index in [-0.39, 0.29) is 0 Å². The molecule has 2 rings (SSSR count). The normalized spacial score (nSPS) is 18.2. The van der Waals surface area contributed by atoms with Crippen molar-refractivity contribution in [2.45, 2.75) is 33.2 Å². The Kier molecular flexibility index (Phi) is 5.44. The average Bonchev–Trinajstić information content (AvgIpc) is 2.45. The van der Waals surface area contributed by atoms with Gasteiger partial charge in [0.25, 0.3) is 0 Å². The maximum atomic E-state index is 5.38. The lowest BCUT2D eigenvalue weighted by molar-refractivity contribution is 0.154. The van der Waals surface area contributed by atoms with Crippen molar-refractivity contribution in [1.82, 2.24) is 10.2 Å².